The van der Waals surface area contributed by atoms with Crippen molar-refractivity contribution >= 4 is 11.6 Å². The number of anilines is 2. The number of nitrogens with one attached hydrogen (secondary N) is 2. The fourth-order valence-corrected chi connectivity index (χ4v) is 2.40. The Morgan fingerprint density at radius 1 is 1.16 bits per heavy atom. The van der Waals surface area contributed by atoms with Gasteiger partial charge in [-0.3, -0.25) is 4.98 Å². The number of rotatable bonds is 4. The van der Waals surface area contributed by atoms with Gasteiger partial charge < -0.3 is 15.7 Å². The molecule has 0 aromatic carbocycles. The smallest absolute Gasteiger partial charge is 0.147 e. The Bertz CT molecular complexity index is 423. The fourth-order valence-electron chi connectivity index (χ4n) is 2.40. The van der Waals surface area contributed by atoms with E-state index >= 15 is 0 Å². The maximum atomic E-state index is 10.6. The second-order valence-electron chi connectivity index (χ2n) is 6.28. The van der Waals surface area contributed by atoms with E-state index in [1.165, 1.54) is 0 Å². The van der Waals surface area contributed by atoms with E-state index in [1.54, 1.807) is 12.4 Å². The van der Waals surface area contributed by atoms with Crippen molar-refractivity contribution in [3.8, 4) is 0 Å². The SMILES string of the molecule is CNc1cncc(NCC2(O)CCC(C)(C)CC2)n1. The third-order valence-electron chi connectivity index (χ3n) is 4.02. The van der Waals surface area contributed by atoms with Gasteiger partial charge in [0.05, 0.1) is 18.0 Å². The molecule has 0 radical (unpaired) electrons. The van der Waals surface area contributed by atoms with Crippen molar-refractivity contribution < 1.29 is 5.11 Å². The van der Waals surface area contributed by atoms with Gasteiger partial charge in [-0.25, -0.2) is 4.98 Å². The molecule has 1 saturated carbocycles. The first kappa shape index (κ1) is 14.1. The molecular formula is C14H24N4O. The third-order valence-corrected chi connectivity index (χ3v) is 4.02. The second-order valence-corrected chi connectivity index (χ2v) is 6.28. The molecule has 0 saturated heterocycles. The fraction of sp³-hybridized carbons (Fsp3) is 0.714. The molecule has 1 aromatic rings. The van der Waals surface area contributed by atoms with Crippen molar-refractivity contribution in [3.05, 3.63) is 12.4 Å². The summed E-state index contributed by atoms with van der Waals surface area (Å²) in [6.45, 7) is 5.06. The molecule has 0 bridgehead atoms. The summed E-state index contributed by atoms with van der Waals surface area (Å²) in [5, 5.41) is 16.7. The zero-order valence-corrected chi connectivity index (χ0v) is 12.0. The van der Waals surface area contributed by atoms with E-state index in [2.05, 4.69) is 34.4 Å². The lowest BCUT2D eigenvalue weighted by Gasteiger charge is -2.40. The van der Waals surface area contributed by atoms with Gasteiger partial charge >= 0.3 is 0 Å². The topological polar surface area (TPSA) is 70.1 Å². The van der Waals surface area contributed by atoms with Crippen LogP contribution in [-0.2, 0) is 0 Å². The molecule has 1 aromatic heterocycles. The van der Waals surface area contributed by atoms with Gasteiger partial charge in [-0.05, 0) is 31.1 Å². The van der Waals surface area contributed by atoms with Crippen LogP contribution in [-0.4, -0.2) is 34.3 Å². The predicted octanol–water partition coefficient (Wildman–Crippen LogP) is 2.26. The molecule has 106 valence electrons. The van der Waals surface area contributed by atoms with Gasteiger partial charge in [-0.1, -0.05) is 13.8 Å². The third kappa shape index (κ3) is 3.80. The summed E-state index contributed by atoms with van der Waals surface area (Å²) in [7, 11) is 1.81. The zero-order valence-electron chi connectivity index (χ0n) is 12.0. The summed E-state index contributed by atoms with van der Waals surface area (Å²) in [5.74, 6) is 1.42. The van der Waals surface area contributed by atoms with Gasteiger partial charge in [0.2, 0.25) is 0 Å². The van der Waals surface area contributed by atoms with Crippen LogP contribution in [0.4, 0.5) is 11.6 Å². The minimum Gasteiger partial charge on any atom is -0.388 e. The molecule has 5 nitrogen and oxygen atoms in total. The molecule has 1 fully saturated rings. The number of hydrogen-bond acceptors (Lipinski definition) is 5. The summed E-state index contributed by atoms with van der Waals surface area (Å²) in [4.78, 5) is 8.44. The zero-order chi connectivity index (χ0) is 13.9. The maximum Gasteiger partial charge on any atom is 0.147 e. The van der Waals surface area contributed by atoms with Gasteiger partial charge in [0.25, 0.3) is 0 Å². The highest BCUT2D eigenvalue weighted by atomic mass is 16.3. The van der Waals surface area contributed by atoms with Crippen molar-refractivity contribution in [2.45, 2.75) is 45.1 Å². The monoisotopic (exact) mass is 264 g/mol. The molecule has 0 aliphatic heterocycles. The minimum absolute atomic E-state index is 0.359. The molecule has 0 spiro atoms. The highest BCUT2D eigenvalue weighted by Gasteiger charge is 2.36. The Kier molecular flexibility index (Phi) is 3.94. The summed E-state index contributed by atoms with van der Waals surface area (Å²) in [6.07, 6.45) is 7.15. The van der Waals surface area contributed by atoms with Crippen LogP contribution in [0.2, 0.25) is 0 Å². The van der Waals surface area contributed by atoms with Gasteiger partial charge in [0.15, 0.2) is 0 Å². The molecule has 0 atom stereocenters. The highest BCUT2D eigenvalue weighted by molar-refractivity contribution is 5.41. The lowest BCUT2D eigenvalue weighted by molar-refractivity contribution is -0.0145. The van der Waals surface area contributed by atoms with Crippen LogP contribution in [0.15, 0.2) is 12.4 Å². The van der Waals surface area contributed by atoms with Gasteiger partial charge in [0.1, 0.15) is 11.6 Å². The normalized spacial score (nSPS) is 20.8. The lowest BCUT2D eigenvalue weighted by Crippen LogP contribution is -2.42. The number of aliphatic hydroxyl groups is 1. The minimum atomic E-state index is -0.618. The quantitative estimate of drug-likeness (QED) is 0.778. The highest BCUT2D eigenvalue weighted by Crippen LogP contribution is 2.40. The molecule has 19 heavy (non-hydrogen) atoms. The van der Waals surface area contributed by atoms with E-state index in [-0.39, 0.29) is 0 Å². The summed E-state index contributed by atoms with van der Waals surface area (Å²) >= 11 is 0. The average molecular weight is 264 g/mol. The van der Waals surface area contributed by atoms with Crippen molar-refractivity contribution in [3.63, 3.8) is 0 Å². The Labute approximate surface area is 114 Å². The molecule has 5 heteroatoms. The average Bonchev–Trinajstić information content (AvgIpc) is 2.41. The first-order valence-electron chi connectivity index (χ1n) is 6.89. The summed E-state index contributed by atoms with van der Waals surface area (Å²) in [5.41, 5.74) is -0.259. The van der Waals surface area contributed by atoms with Crippen molar-refractivity contribution in [1.29, 1.82) is 0 Å². The molecule has 1 aliphatic carbocycles. The first-order chi connectivity index (χ1) is 8.92. The van der Waals surface area contributed by atoms with E-state index in [0.29, 0.717) is 17.8 Å². The lowest BCUT2D eigenvalue weighted by atomic mass is 9.71. The summed E-state index contributed by atoms with van der Waals surface area (Å²) in [6, 6.07) is 0. The van der Waals surface area contributed by atoms with Crippen LogP contribution in [0.25, 0.3) is 0 Å². The van der Waals surface area contributed by atoms with E-state index in [4.69, 9.17) is 0 Å². The van der Waals surface area contributed by atoms with Crippen LogP contribution in [0, 0.1) is 5.41 Å². The van der Waals surface area contributed by atoms with Crippen LogP contribution in [0.5, 0.6) is 0 Å². The molecule has 0 unspecified atom stereocenters. The Morgan fingerprint density at radius 3 is 2.42 bits per heavy atom. The molecule has 1 heterocycles. The Balaban J connectivity index is 1.91. The number of aromatic nitrogens is 2. The van der Waals surface area contributed by atoms with Crippen LogP contribution >= 0.6 is 0 Å². The van der Waals surface area contributed by atoms with Crippen LogP contribution in [0.3, 0.4) is 0 Å². The van der Waals surface area contributed by atoms with Gasteiger partial charge in [-0.15, -0.1) is 0 Å². The Hall–Kier alpha value is -1.36. The Morgan fingerprint density at radius 2 is 1.79 bits per heavy atom. The van der Waals surface area contributed by atoms with Crippen molar-refractivity contribution in [2.24, 2.45) is 5.41 Å². The number of nitrogens with zero attached hydrogens (tertiary/aromatic N) is 2. The van der Waals surface area contributed by atoms with Crippen molar-refractivity contribution in [1.82, 2.24) is 9.97 Å². The standard InChI is InChI=1S/C14H24N4O/c1-13(2)4-6-14(19,7-5-13)10-17-12-9-16-8-11(15-3)18-12/h8-9,19H,4-7,10H2,1-3H3,(H2,15,17,18). The molecular weight excluding hydrogens is 240 g/mol. The molecule has 2 rings (SSSR count). The second kappa shape index (κ2) is 5.33. The van der Waals surface area contributed by atoms with Crippen LogP contribution < -0.4 is 10.6 Å². The van der Waals surface area contributed by atoms with E-state index in [0.717, 1.165) is 31.5 Å². The van der Waals surface area contributed by atoms with E-state index < -0.39 is 5.60 Å². The first-order valence-corrected chi connectivity index (χ1v) is 6.89. The van der Waals surface area contributed by atoms with E-state index in [9.17, 15) is 5.11 Å². The maximum absolute atomic E-state index is 10.6. The molecule has 3 N–H and O–H groups in total. The number of hydrogen-bond donors (Lipinski definition) is 3. The van der Waals surface area contributed by atoms with Gasteiger partial charge in [-0.2, -0.15) is 0 Å². The molecule has 1 aliphatic rings. The van der Waals surface area contributed by atoms with Crippen LogP contribution in [0.1, 0.15) is 39.5 Å². The van der Waals surface area contributed by atoms with E-state index in [1.807, 2.05) is 7.05 Å². The van der Waals surface area contributed by atoms with Crippen molar-refractivity contribution in [2.75, 3.05) is 24.2 Å². The predicted molar refractivity (Wildman–Crippen MR) is 77.3 cm³/mol. The summed E-state index contributed by atoms with van der Waals surface area (Å²) < 4.78 is 0. The largest absolute Gasteiger partial charge is 0.388 e. The molecule has 0 amide bonds. The van der Waals surface area contributed by atoms with Gasteiger partial charge in [0, 0.05) is 13.6 Å².